The number of hydrogen-bond acceptors (Lipinski definition) is 4. The van der Waals surface area contributed by atoms with E-state index in [2.05, 4.69) is 23.5 Å². The van der Waals surface area contributed by atoms with Gasteiger partial charge in [-0.05, 0) is 51.0 Å². The standard InChI is InChI=1S/C14H25N3O2S/c1-5-17(6-2)13-7-8-14(15)12(10-13)9-11(3)16-20(4,18)19/h7-8,10-11,16H,5-6,9,15H2,1-4H3. The van der Waals surface area contributed by atoms with Crippen LogP contribution < -0.4 is 15.4 Å². The molecule has 0 radical (unpaired) electrons. The fraction of sp³-hybridized carbons (Fsp3) is 0.571. The molecular formula is C14H25N3O2S. The molecule has 1 aromatic rings. The van der Waals surface area contributed by atoms with Crippen molar-refractivity contribution >= 4 is 21.4 Å². The van der Waals surface area contributed by atoms with Gasteiger partial charge in [0.1, 0.15) is 0 Å². The van der Waals surface area contributed by atoms with E-state index in [1.54, 1.807) is 0 Å². The first-order valence-corrected chi connectivity index (χ1v) is 8.76. The molecule has 0 aliphatic rings. The number of nitrogens with one attached hydrogen (secondary N) is 1. The van der Waals surface area contributed by atoms with Gasteiger partial charge in [0.25, 0.3) is 0 Å². The van der Waals surface area contributed by atoms with E-state index in [4.69, 9.17) is 5.73 Å². The highest BCUT2D eigenvalue weighted by Gasteiger charge is 2.12. The van der Waals surface area contributed by atoms with E-state index in [0.717, 1.165) is 24.3 Å². The van der Waals surface area contributed by atoms with Crippen LogP contribution in [0.5, 0.6) is 0 Å². The third-order valence-electron chi connectivity index (χ3n) is 3.20. The molecular weight excluding hydrogens is 274 g/mol. The quantitative estimate of drug-likeness (QED) is 0.750. The molecule has 0 aromatic heterocycles. The maximum absolute atomic E-state index is 11.2. The lowest BCUT2D eigenvalue weighted by Crippen LogP contribution is -2.33. The minimum atomic E-state index is -3.19. The first kappa shape index (κ1) is 16.8. The number of nitrogen functional groups attached to an aromatic ring is 1. The van der Waals surface area contributed by atoms with Crippen LogP contribution in [0.4, 0.5) is 11.4 Å². The molecule has 3 N–H and O–H groups in total. The smallest absolute Gasteiger partial charge is 0.208 e. The normalized spacial score (nSPS) is 13.2. The van der Waals surface area contributed by atoms with Crippen LogP contribution >= 0.6 is 0 Å². The van der Waals surface area contributed by atoms with Gasteiger partial charge >= 0.3 is 0 Å². The van der Waals surface area contributed by atoms with Crippen molar-refractivity contribution in [1.29, 1.82) is 0 Å². The van der Waals surface area contributed by atoms with Crippen LogP contribution in [0, 0.1) is 0 Å². The van der Waals surface area contributed by atoms with E-state index in [1.165, 1.54) is 6.26 Å². The molecule has 0 saturated carbocycles. The van der Waals surface area contributed by atoms with Gasteiger partial charge < -0.3 is 10.6 Å². The Bertz CT molecular complexity index is 539. The molecule has 0 fully saturated rings. The topological polar surface area (TPSA) is 75.4 Å². The molecule has 0 aliphatic carbocycles. The summed E-state index contributed by atoms with van der Waals surface area (Å²) in [7, 11) is -3.19. The van der Waals surface area contributed by atoms with Crippen LogP contribution in [-0.4, -0.2) is 33.8 Å². The second-order valence-corrected chi connectivity index (χ2v) is 6.83. The van der Waals surface area contributed by atoms with Gasteiger partial charge in [0.15, 0.2) is 0 Å². The first-order valence-electron chi connectivity index (χ1n) is 6.87. The van der Waals surface area contributed by atoms with E-state index in [1.807, 2.05) is 25.1 Å². The van der Waals surface area contributed by atoms with Gasteiger partial charge in [-0.1, -0.05) is 0 Å². The molecule has 6 heteroatoms. The maximum Gasteiger partial charge on any atom is 0.208 e. The van der Waals surface area contributed by atoms with Crippen LogP contribution in [0.3, 0.4) is 0 Å². The summed E-state index contributed by atoms with van der Waals surface area (Å²) in [6.45, 7) is 7.90. The Labute approximate surface area is 122 Å². The van der Waals surface area contributed by atoms with E-state index >= 15 is 0 Å². The van der Waals surface area contributed by atoms with Gasteiger partial charge in [-0.3, -0.25) is 0 Å². The molecule has 5 nitrogen and oxygen atoms in total. The van der Waals surface area contributed by atoms with Crippen LogP contribution in [0.1, 0.15) is 26.3 Å². The summed E-state index contributed by atoms with van der Waals surface area (Å²) in [5.74, 6) is 0. The van der Waals surface area contributed by atoms with Crippen molar-refractivity contribution < 1.29 is 8.42 Å². The summed E-state index contributed by atoms with van der Waals surface area (Å²) in [6, 6.07) is 5.75. The van der Waals surface area contributed by atoms with Gasteiger partial charge in [-0.2, -0.15) is 0 Å². The first-order chi connectivity index (χ1) is 9.26. The highest BCUT2D eigenvalue weighted by molar-refractivity contribution is 7.88. The zero-order valence-corrected chi connectivity index (χ0v) is 13.5. The minimum absolute atomic E-state index is 0.181. The molecule has 1 atom stereocenters. The van der Waals surface area contributed by atoms with Crippen LogP contribution in [0.15, 0.2) is 18.2 Å². The maximum atomic E-state index is 11.2. The van der Waals surface area contributed by atoms with Gasteiger partial charge in [0.05, 0.1) is 6.26 Å². The zero-order valence-electron chi connectivity index (χ0n) is 12.7. The summed E-state index contributed by atoms with van der Waals surface area (Å²) in [5, 5.41) is 0. The van der Waals surface area contributed by atoms with Crippen molar-refractivity contribution in [3.63, 3.8) is 0 Å². The van der Waals surface area contributed by atoms with Gasteiger partial charge in [0, 0.05) is 30.5 Å². The molecule has 1 rings (SSSR count). The summed E-state index contributed by atoms with van der Waals surface area (Å²) in [4.78, 5) is 2.23. The Morgan fingerprint density at radius 3 is 2.40 bits per heavy atom. The zero-order chi connectivity index (χ0) is 15.3. The second-order valence-electron chi connectivity index (χ2n) is 5.05. The Morgan fingerprint density at radius 1 is 1.30 bits per heavy atom. The fourth-order valence-corrected chi connectivity index (χ4v) is 3.11. The lowest BCUT2D eigenvalue weighted by atomic mass is 10.0. The average Bonchev–Trinajstić information content (AvgIpc) is 2.32. The van der Waals surface area contributed by atoms with Crippen molar-refractivity contribution in [2.24, 2.45) is 0 Å². The van der Waals surface area contributed by atoms with Crippen molar-refractivity contribution in [3.8, 4) is 0 Å². The number of nitrogens with two attached hydrogens (primary N) is 1. The lowest BCUT2D eigenvalue weighted by molar-refractivity contribution is 0.566. The highest BCUT2D eigenvalue weighted by Crippen LogP contribution is 2.22. The van der Waals surface area contributed by atoms with Crippen molar-refractivity contribution in [3.05, 3.63) is 23.8 Å². The Balaban J connectivity index is 2.91. The number of anilines is 2. The van der Waals surface area contributed by atoms with Crippen molar-refractivity contribution in [2.45, 2.75) is 33.2 Å². The molecule has 0 bridgehead atoms. The third-order valence-corrected chi connectivity index (χ3v) is 4.03. The molecule has 114 valence electrons. The molecule has 1 unspecified atom stereocenters. The summed E-state index contributed by atoms with van der Waals surface area (Å²) in [5.41, 5.74) is 8.77. The third kappa shape index (κ3) is 5.02. The predicted molar refractivity (Wildman–Crippen MR) is 85.6 cm³/mol. The monoisotopic (exact) mass is 299 g/mol. The Morgan fingerprint density at radius 2 is 1.90 bits per heavy atom. The molecule has 1 aromatic carbocycles. The average molecular weight is 299 g/mol. The SMILES string of the molecule is CCN(CC)c1ccc(N)c(CC(C)NS(C)(=O)=O)c1. The summed E-state index contributed by atoms with van der Waals surface area (Å²) >= 11 is 0. The van der Waals surface area contributed by atoms with E-state index in [9.17, 15) is 8.42 Å². The van der Waals surface area contributed by atoms with E-state index in [-0.39, 0.29) is 6.04 Å². The van der Waals surface area contributed by atoms with Crippen molar-refractivity contribution in [1.82, 2.24) is 4.72 Å². The number of nitrogens with zero attached hydrogens (tertiary/aromatic N) is 1. The Kier molecular flexibility index (Phi) is 5.83. The van der Waals surface area contributed by atoms with Crippen molar-refractivity contribution in [2.75, 3.05) is 30.0 Å². The molecule has 0 spiro atoms. The number of benzene rings is 1. The highest BCUT2D eigenvalue weighted by atomic mass is 32.2. The molecule has 0 aliphatic heterocycles. The summed E-state index contributed by atoms with van der Waals surface area (Å²) in [6.07, 6.45) is 1.74. The molecule has 20 heavy (non-hydrogen) atoms. The number of hydrogen-bond donors (Lipinski definition) is 2. The van der Waals surface area contributed by atoms with Crippen LogP contribution in [0.2, 0.25) is 0 Å². The minimum Gasteiger partial charge on any atom is -0.399 e. The number of rotatable bonds is 7. The summed E-state index contributed by atoms with van der Waals surface area (Å²) < 4.78 is 25.0. The van der Waals surface area contributed by atoms with E-state index < -0.39 is 10.0 Å². The van der Waals surface area contributed by atoms with E-state index in [0.29, 0.717) is 12.1 Å². The largest absolute Gasteiger partial charge is 0.399 e. The van der Waals surface area contributed by atoms with Crippen LogP contribution in [0.25, 0.3) is 0 Å². The van der Waals surface area contributed by atoms with Gasteiger partial charge in [-0.15, -0.1) is 0 Å². The number of sulfonamides is 1. The van der Waals surface area contributed by atoms with Gasteiger partial charge in [-0.25, -0.2) is 13.1 Å². The second kappa shape index (κ2) is 6.95. The molecule has 0 amide bonds. The predicted octanol–water partition coefficient (Wildman–Crippen LogP) is 1.60. The lowest BCUT2D eigenvalue weighted by Gasteiger charge is -2.23. The molecule has 0 saturated heterocycles. The van der Waals surface area contributed by atoms with Crippen LogP contribution in [-0.2, 0) is 16.4 Å². The van der Waals surface area contributed by atoms with Gasteiger partial charge in [0.2, 0.25) is 10.0 Å². The molecule has 0 heterocycles. The Hall–Kier alpha value is -1.27. The fourth-order valence-electron chi connectivity index (χ4n) is 2.29.